The van der Waals surface area contributed by atoms with Crippen LogP contribution in [0, 0.1) is 0 Å². The van der Waals surface area contributed by atoms with Crippen molar-refractivity contribution >= 4 is 5.71 Å². The zero-order chi connectivity index (χ0) is 9.26. The van der Waals surface area contributed by atoms with Crippen LogP contribution in [-0.4, -0.2) is 17.7 Å². The Balaban J connectivity index is 2.41. The Hall–Kier alpha value is -1.71. The van der Waals surface area contributed by atoms with Crippen LogP contribution in [0.1, 0.15) is 12.5 Å². The molecule has 4 nitrogen and oxygen atoms in total. The van der Waals surface area contributed by atoms with E-state index in [0.717, 1.165) is 11.3 Å². The van der Waals surface area contributed by atoms with Crippen LogP contribution < -0.4 is 9.47 Å². The Labute approximate surface area is 75.4 Å². The van der Waals surface area contributed by atoms with Gasteiger partial charge in [0.05, 0.1) is 5.71 Å². The highest BCUT2D eigenvalue weighted by atomic mass is 16.7. The van der Waals surface area contributed by atoms with E-state index in [2.05, 4.69) is 5.16 Å². The van der Waals surface area contributed by atoms with Gasteiger partial charge in [0.15, 0.2) is 11.5 Å². The van der Waals surface area contributed by atoms with E-state index in [1.54, 1.807) is 19.1 Å². The van der Waals surface area contributed by atoms with Gasteiger partial charge in [-0.15, -0.1) is 0 Å². The SMILES string of the molecule is C/C(=N/O)c1ccc2c(c1)OCO2. The minimum absolute atomic E-state index is 0.258. The van der Waals surface area contributed by atoms with Crippen LogP contribution in [0.3, 0.4) is 0 Å². The molecule has 1 aromatic carbocycles. The zero-order valence-electron chi connectivity index (χ0n) is 7.15. The van der Waals surface area contributed by atoms with E-state index >= 15 is 0 Å². The highest BCUT2D eigenvalue weighted by Crippen LogP contribution is 2.32. The maximum Gasteiger partial charge on any atom is 0.231 e. The molecule has 2 rings (SSSR count). The second-order valence-electron chi connectivity index (χ2n) is 2.75. The molecule has 0 radical (unpaired) electrons. The van der Waals surface area contributed by atoms with Crippen molar-refractivity contribution in [3.05, 3.63) is 23.8 Å². The Kier molecular flexibility index (Phi) is 1.81. The molecule has 0 atom stereocenters. The summed E-state index contributed by atoms with van der Waals surface area (Å²) < 4.78 is 10.3. The molecule has 0 spiro atoms. The lowest BCUT2D eigenvalue weighted by Gasteiger charge is -1.99. The Morgan fingerprint density at radius 2 is 2.15 bits per heavy atom. The van der Waals surface area contributed by atoms with Crippen molar-refractivity contribution in [3.8, 4) is 11.5 Å². The molecule has 0 saturated carbocycles. The number of rotatable bonds is 1. The molecular formula is C9H9NO3. The van der Waals surface area contributed by atoms with Crippen LogP contribution in [0.4, 0.5) is 0 Å². The van der Waals surface area contributed by atoms with Gasteiger partial charge in [-0.05, 0) is 25.1 Å². The molecule has 13 heavy (non-hydrogen) atoms. The fourth-order valence-electron chi connectivity index (χ4n) is 1.18. The van der Waals surface area contributed by atoms with Crippen molar-refractivity contribution in [1.29, 1.82) is 0 Å². The second-order valence-corrected chi connectivity index (χ2v) is 2.75. The van der Waals surface area contributed by atoms with Crippen molar-refractivity contribution in [2.45, 2.75) is 6.92 Å². The first-order valence-electron chi connectivity index (χ1n) is 3.90. The van der Waals surface area contributed by atoms with E-state index in [1.165, 1.54) is 0 Å². The van der Waals surface area contributed by atoms with E-state index in [1.807, 2.05) is 6.07 Å². The van der Waals surface area contributed by atoms with E-state index in [9.17, 15) is 0 Å². The monoisotopic (exact) mass is 179 g/mol. The van der Waals surface area contributed by atoms with Crippen molar-refractivity contribution in [2.75, 3.05) is 6.79 Å². The number of benzene rings is 1. The predicted molar refractivity (Wildman–Crippen MR) is 46.6 cm³/mol. The van der Waals surface area contributed by atoms with Crippen molar-refractivity contribution < 1.29 is 14.7 Å². The third-order valence-electron chi connectivity index (χ3n) is 1.94. The van der Waals surface area contributed by atoms with Crippen LogP contribution in [0.5, 0.6) is 11.5 Å². The lowest BCUT2D eigenvalue weighted by atomic mass is 10.1. The first-order chi connectivity index (χ1) is 6.31. The number of hydrogen-bond donors (Lipinski definition) is 1. The smallest absolute Gasteiger partial charge is 0.231 e. The third-order valence-corrected chi connectivity index (χ3v) is 1.94. The number of nitrogens with zero attached hydrogens (tertiary/aromatic N) is 1. The first kappa shape index (κ1) is 7.91. The van der Waals surface area contributed by atoms with Gasteiger partial charge >= 0.3 is 0 Å². The van der Waals surface area contributed by atoms with E-state index in [-0.39, 0.29) is 6.79 Å². The summed E-state index contributed by atoms with van der Waals surface area (Å²) in [7, 11) is 0. The molecule has 1 N–H and O–H groups in total. The van der Waals surface area contributed by atoms with E-state index < -0.39 is 0 Å². The van der Waals surface area contributed by atoms with Gasteiger partial charge in [0.2, 0.25) is 6.79 Å². The van der Waals surface area contributed by atoms with Crippen LogP contribution in [0.25, 0.3) is 0 Å². The largest absolute Gasteiger partial charge is 0.454 e. The molecule has 1 heterocycles. The van der Waals surface area contributed by atoms with Gasteiger partial charge in [0, 0.05) is 5.56 Å². The summed E-state index contributed by atoms with van der Waals surface area (Å²) in [5.41, 5.74) is 1.38. The maximum atomic E-state index is 8.55. The summed E-state index contributed by atoms with van der Waals surface area (Å²) >= 11 is 0. The minimum Gasteiger partial charge on any atom is -0.454 e. The van der Waals surface area contributed by atoms with Gasteiger partial charge in [0.25, 0.3) is 0 Å². The van der Waals surface area contributed by atoms with Crippen LogP contribution in [0.15, 0.2) is 23.4 Å². The first-order valence-corrected chi connectivity index (χ1v) is 3.90. The van der Waals surface area contributed by atoms with Crippen LogP contribution >= 0.6 is 0 Å². The molecule has 1 aliphatic heterocycles. The van der Waals surface area contributed by atoms with Crippen molar-refractivity contribution in [2.24, 2.45) is 5.16 Å². The van der Waals surface area contributed by atoms with E-state index in [4.69, 9.17) is 14.7 Å². The molecule has 1 aliphatic rings. The summed E-state index contributed by atoms with van der Waals surface area (Å²) in [4.78, 5) is 0. The Morgan fingerprint density at radius 1 is 1.38 bits per heavy atom. The zero-order valence-corrected chi connectivity index (χ0v) is 7.15. The summed E-state index contributed by atoms with van der Waals surface area (Å²) in [6.07, 6.45) is 0. The van der Waals surface area contributed by atoms with Gasteiger partial charge in [0.1, 0.15) is 0 Å². The maximum absolute atomic E-state index is 8.55. The molecule has 0 saturated heterocycles. The number of hydrogen-bond acceptors (Lipinski definition) is 4. The fourth-order valence-corrected chi connectivity index (χ4v) is 1.18. The molecule has 0 unspecified atom stereocenters. The molecule has 0 aliphatic carbocycles. The third kappa shape index (κ3) is 1.30. The van der Waals surface area contributed by atoms with Gasteiger partial charge < -0.3 is 14.7 Å². The molecule has 1 aromatic rings. The second kappa shape index (κ2) is 2.97. The number of ether oxygens (including phenoxy) is 2. The molecule has 4 heteroatoms. The van der Waals surface area contributed by atoms with Gasteiger partial charge in [-0.1, -0.05) is 5.16 Å². The highest BCUT2D eigenvalue weighted by molar-refractivity contribution is 5.98. The Morgan fingerprint density at radius 3 is 2.92 bits per heavy atom. The average Bonchev–Trinajstić information content (AvgIpc) is 2.63. The normalized spacial score (nSPS) is 14.7. The summed E-state index contributed by atoms with van der Waals surface area (Å²) in [5.74, 6) is 1.43. The van der Waals surface area contributed by atoms with E-state index in [0.29, 0.717) is 11.5 Å². The van der Waals surface area contributed by atoms with Gasteiger partial charge in [-0.2, -0.15) is 0 Å². The Bertz CT molecular complexity index is 360. The molecule has 0 amide bonds. The summed E-state index contributed by atoms with van der Waals surface area (Å²) in [6, 6.07) is 5.41. The highest BCUT2D eigenvalue weighted by Gasteiger charge is 2.13. The van der Waals surface area contributed by atoms with Crippen molar-refractivity contribution in [1.82, 2.24) is 0 Å². The standard InChI is InChI=1S/C9H9NO3/c1-6(10-11)7-2-3-8-9(4-7)13-5-12-8/h2-4,11H,5H2,1H3/b10-6-. The topological polar surface area (TPSA) is 51.1 Å². The average molecular weight is 179 g/mol. The molecule has 0 bridgehead atoms. The molecular weight excluding hydrogens is 170 g/mol. The van der Waals surface area contributed by atoms with Crippen molar-refractivity contribution in [3.63, 3.8) is 0 Å². The van der Waals surface area contributed by atoms with Crippen LogP contribution in [-0.2, 0) is 0 Å². The lowest BCUT2D eigenvalue weighted by molar-refractivity contribution is 0.174. The number of fused-ring (bicyclic) bond motifs is 1. The lowest BCUT2D eigenvalue weighted by Crippen LogP contribution is -1.94. The number of oxime groups is 1. The fraction of sp³-hybridized carbons (Fsp3) is 0.222. The van der Waals surface area contributed by atoms with Gasteiger partial charge in [-0.25, -0.2) is 0 Å². The van der Waals surface area contributed by atoms with Gasteiger partial charge in [-0.3, -0.25) is 0 Å². The van der Waals surface area contributed by atoms with Crippen LogP contribution in [0.2, 0.25) is 0 Å². The predicted octanol–water partition coefficient (Wildman–Crippen LogP) is 1.61. The minimum atomic E-state index is 0.258. The quantitative estimate of drug-likeness (QED) is 0.405. The molecule has 0 fully saturated rings. The summed E-state index contributed by atoms with van der Waals surface area (Å²) in [6.45, 7) is 1.98. The summed E-state index contributed by atoms with van der Waals surface area (Å²) in [5, 5.41) is 11.7. The molecule has 0 aromatic heterocycles. The molecule has 68 valence electrons.